The van der Waals surface area contributed by atoms with Crippen LogP contribution in [0.4, 0.5) is 5.13 Å². The van der Waals surface area contributed by atoms with Crippen LogP contribution in [-0.4, -0.2) is 30.3 Å². The van der Waals surface area contributed by atoms with Crippen LogP contribution < -0.4 is 11.1 Å². The van der Waals surface area contributed by atoms with Crippen LogP contribution in [0.2, 0.25) is 0 Å². The molecule has 18 heavy (non-hydrogen) atoms. The van der Waals surface area contributed by atoms with Gasteiger partial charge in [0.2, 0.25) is 5.91 Å². The summed E-state index contributed by atoms with van der Waals surface area (Å²) in [6, 6.07) is -0.227. The molecule has 1 amide bonds. The Bertz CT molecular complexity index is 546. The molecule has 102 valence electrons. The number of aromatic nitrogens is 1. The van der Waals surface area contributed by atoms with Gasteiger partial charge in [0, 0.05) is 17.7 Å². The summed E-state index contributed by atoms with van der Waals surface area (Å²) in [5.41, 5.74) is 6.31. The molecule has 1 aromatic rings. The van der Waals surface area contributed by atoms with Gasteiger partial charge >= 0.3 is 0 Å². The fraction of sp³-hybridized carbons (Fsp3) is 0.600. The number of anilines is 1. The van der Waals surface area contributed by atoms with Crippen LogP contribution in [-0.2, 0) is 14.6 Å². The van der Waals surface area contributed by atoms with Gasteiger partial charge < -0.3 is 11.1 Å². The summed E-state index contributed by atoms with van der Waals surface area (Å²) < 4.78 is 21.5. The summed E-state index contributed by atoms with van der Waals surface area (Å²) in [5.74, 6) is -0.601. The smallest absolute Gasteiger partial charge is 0.247 e. The Kier molecular flexibility index (Phi) is 4.14. The van der Waals surface area contributed by atoms with Crippen LogP contribution in [0.15, 0.2) is 5.38 Å². The van der Waals surface area contributed by atoms with Crippen molar-refractivity contribution in [2.45, 2.75) is 31.6 Å². The Balaban J connectivity index is 2.88. The molecule has 0 bridgehead atoms. The molecule has 6 nitrogen and oxygen atoms in total. The zero-order chi connectivity index (χ0) is 14.1. The van der Waals surface area contributed by atoms with Gasteiger partial charge in [-0.25, -0.2) is 13.4 Å². The maximum atomic E-state index is 11.9. The molecular weight excluding hydrogens is 274 g/mol. The molecule has 1 unspecified atom stereocenters. The van der Waals surface area contributed by atoms with E-state index in [0.717, 1.165) is 6.26 Å². The lowest BCUT2D eigenvalue weighted by molar-refractivity contribution is -0.117. The Hall–Kier alpha value is -0.990. The van der Waals surface area contributed by atoms with Crippen LogP contribution >= 0.6 is 11.3 Å². The van der Waals surface area contributed by atoms with Gasteiger partial charge in [0.05, 0.1) is 5.69 Å². The molecule has 0 saturated heterocycles. The first-order valence-electron chi connectivity index (χ1n) is 5.27. The number of carbonyl (C=O) groups excluding carboxylic acids is 1. The number of hydrogen-bond donors (Lipinski definition) is 2. The topological polar surface area (TPSA) is 102 Å². The van der Waals surface area contributed by atoms with E-state index in [2.05, 4.69) is 10.3 Å². The van der Waals surface area contributed by atoms with Gasteiger partial charge in [-0.2, -0.15) is 0 Å². The quantitative estimate of drug-likeness (QED) is 0.859. The third kappa shape index (κ3) is 3.06. The maximum absolute atomic E-state index is 11.9. The highest BCUT2D eigenvalue weighted by molar-refractivity contribution is 7.92. The number of sulfone groups is 1. The van der Waals surface area contributed by atoms with E-state index in [1.165, 1.54) is 25.2 Å². The van der Waals surface area contributed by atoms with E-state index in [0.29, 0.717) is 10.8 Å². The summed E-state index contributed by atoms with van der Waals surface area (Å²) in [4.78, 5) is 16.0. The number of rotatable bonds is 4. The molecule has 0 radical (unpaired) electrons. The van der Waals surface area contributed by atoms with E-state index in [4.69, 9.17) is 5.73 Å². The average molecular weight is 291 g/mol. The van der Waals surface area contributed by atoms with Gasteiger partial charge in [-0.15, -0.1) is 11.3 Å². The van der Waals surface area contributed by atoms with Crippen LogP contribution in [0, 0.1) is 0 Å². The van der Waals surface area contributed by atoms with Crippen LogP contribution in [0.1, 0.15) is 32.5 Å². The Morgan fingerprint density at radius 2 is 2.11 bits per heavy atom. The normalized spacial score (nSPS) is 14.3. The van der Waals surface area contributed by atoms with Crippen molar-refractivity contribution >= 4 is 32.2 Å². The third-order valence-electron chi connectivity index (χ3n) is 2.68. The number of nitrogens with two attached hydrogens (primary N) is 1. The molecule has 1 aromatic heterocycles. The predicted octanol–water partition coefficient (Wildman–Crippen LogP) is 0.925. The average Bonchev–Trinajstić information content (AvgIpc) is 2.64. The van der Waals surface area contributed by atoms with Crippen molar-refractivity contribution in [3.8, 4) is 0 Å². The highest BCUT2D eigenvalue weighted by Gasteiger charge is 2.38. The first-order valence-corrected chi connectivity index (χ1v) is 8.05. The van der Waals surface area contributed by atoms with Crippen LogP contribution in [0.5, 0.6) is 0 Å². The first-order chi connectivity index (χ1) is 8.05. The van der Waals surface area contributed by atoms with Crippen molar-refractivity contribution in [3.05, 3.63) is 11.1 Å². The molecule has 1 atom stereocenters. The molecule has 0 aliphatic heterocycles. The van der Waals surface area contributed by atoms with Crippen molar-refractivity contribution in [1.29, 1.82) is 0 Å². The number of nitrogens with one attached hydrogen (secondary N) is 1. The molecule has 1 rings (SSSR count). The highest BCUT2D eigenvalue weighted by Crippen LogP contribution is 2.22. The summed E-state index contributed by atoms with van der Waals surface area (Å²) in [6.45, 7) is 4.50. The fourth-order valence-electron chi connectivity index (χ4n) is 0.969. The Morgan fingerprint density at radius 1 is 1.56 bits per heavy atom. The monoisotopic (exact) mass is 291 g/mol. The van der Waals surface area contributed by atoms with E-state index < -0.39 is 20.5 Å². The van der Waals surface area contributed by atoms with Crippen LogP contribution in [0.25, 0.3) is 0 Å². The third-order valence-corrected chi connectivity index (χ3v) is 5.50. The fourth-order valence-corrected chi connectivity index (χ4v) is 2.17. The van der Waals surface area contributed by atoms with Gasteiger partial charge in [-0.05, 0) is 20.8 Å². The van der Waals surface area contributed by atoms with Gasteiger partial charge in [-0.1, -0.05) is 0 Å². The lowest BCUT2D eigenvalue weighted by Gasteiger charge is -2.20. The molecule has 0 aliphatic rings. The molecule has 0 aliphatic carbocycles. The standard InChI is InChI=1S/C10H17N3O3S2/c1-6(11)7-5-17-9(12-7)13-8(14)10(2,3)18(4,15)16/h5-6H,11H2,1-4H3,(H,12,13,14). The maximum Gasteiger partial charge on any atom is 0.247 e. The second-order valence-corrected chi connectivity index (χ2v) is 8.03. The molecule has 0 spiro atoms. The number of nitrogens with zero attached hydrogens (tertiary/aromatic N) is 1. The second-order valence-electron chi connectivity index (χ2n) is 4.60. The van der Waals surface area contributed by atoms with Crippen molar-refractivity contribution in [3.63, 3.8) is 0 Å². The summed E-state index contributed by atoms with van der Waals surface area (Å²) >= 11 is 1.22. The minimum Gasteiger partial charge on any atom is -0.323 e. The van der Waals surface area contributed by atoms with Gasteiger partial charge in [0.15, 0.2) is 15.0 Å². The minimum atomic E-state index is -3.49. The first kappa shape index (κ1) is 15.1. The highest BCUT2D eigenvalue weighted by atomic mass is 32.2. The SMILES string of the molecule is CC(N)c1csc(NC(=O)C(C)(C)S(C)(=O)=O)n1. The molecule has 0 saturated carbocycles. The zero-order valence-electron chi connectivity index (χ0n) is 10.7. The zero-order valence-corrected chi connectivity index (χ0v) is 12.4. The van der Waals surface area contributed by atoms with Crippen molar-refractivity contribution in [1.82, 2.24) is 4.98 Å². The molecule has 3 N–H and O–H groups in total. The minimum absolute atomic E-state index is 0.227. The van der Waals surface area contributed by atoms with Crippen molar-refractivity contribution in [2.75, 3.05) is 11.6 Å². The number of hydrogen-bond acceptors (Lipinski definition) is 6. The number of amides is 1. The molecule has 1 heterocycles. The lowest BCUT2D eigenvalue weighted by atomic mass is 10.2. The van der Waals surface area contributed by atoms with Gasteiger partial charge in [0.1, 0.15) is 4.75 Å². The Morgan fingerprint density at radius 3 is 2.50 bits per heavy atom. The number of carbonyl (C=O) groups is 1. The van der Waals surface area contributed by atoms with E-state index in [-0.39, 0.29) is 6.04 Å². The molecule has 0 fully saturated rings. The summed E-state index contributed by atoms with van der Waals surface area (Å²) in [6.07, 6.45) is 1.03. The lowest BCUT2D eigenvalue weighted by Crippen LogP contribution is -2.43. The molecular formula is C10H17N3O3S2. The largest absolute Gasteiger partial charge is 0.323 e. The number of thiazole rings is 1. The van der Waals surface area contributed by atoms with E-state index in [9.17, 15) is 13.2 Å². The van der Waals surface area contributed by atoms with Crippen molar-refractivity contribution < 1.29 is 13.2 Å². The van der Waals surface area contributed by atoms with Crippen molar-refractivity contribution in [2.24, 2.45) is 5.73 Å². The predicted molar refractivity (Wildman–Crippen MR) is 72.3 cm³/mol. The molecule has 0 aromatic carbocycles. The van der Waals surface area contributed by atoms with Gasteiger partial charge in [0.25, 0.3) is 0 Å². The summed E-state index contributed by atoms with van der Waals surface area (Å²) in [5, 5.41) is 4.58. The summed E-state index contributed by atoms with van der Waals surface area (Å²) in [7, 11) is -3.49. The van der Waals surface area contributed by atoms with E-state index in [1.54, 1.807) is 12.3 Å². The van der Waals surface area contributed by atoms with E-state index in [1.807, 2.05) is 0 Å². The second kappa shape index (κ2) is 4.94. The van der Waals surface area contributed by atoms with Crippen LogP contribution in [0.3, 0.4) is 0 Å². The van der Waals surface area contributed by atoms with E-state index >= 15 is 0 Å². The molecule has 8 heteroatoms. The Labute approximate surface area is 111 Å². The van der Waals surface area contributed by atoms with Gasteiger partial charge in [-0.3, -0.25) is 4.79 Å².